The molecule has 3 rings (SSSR count). The molecule has 0 fully saturated rings. The summed E-state index contributed by atoms with van der Waals surface area (Å²) in [6.45, 7) is 4.32. The topological polar surface area (TPSA) is 41.6 Å². The molecule has 0 bridgehead atoms. The van der Waals surface area contributed by atoms with Gasteiger partial charge in [0.05, 0.1) is 11.1 Å². The summed E-state index contributed by atoms with van der Waals surface area (Å²) in [5.74, 6) is 0.964. The third kappa shape index (κ3) is 2.00. The molecule has 0 unspecified atom stereocenters. The predicted molar refractivity (Wildman–Crippen MR) is 84.0 cm³/mol. The minimum absolute atomic E-state index is 0.220. The normalized spacial score (nSPS) is 11.5. The van der Waals surface area contributed by atoms with Gasteiger partial charge in [-0.1, -0.05) is 36.4 Å². The van der Waals surface area contributed by atoms with Crippen molar-refractivity contribution in [2.24, 2.45) is 7.05 Å². The number of hydrogen-bond acceptors (Lipinski definition) is 2. The monoisotopic (exact) mass is 275 g/mol. The fourth-order valence-corrected chi connectivity index (χ4v) is 2.85. The Morgan fingerprint density at radius 3 is 2.43 bits per heavy atom. The number of fused-ring (bicyclic) bond motifs is 1. The number of para-hydroxylation sites is 1. The molecule has 0 radical (unpaired) electrons. The first-order chi connectivity index (χ1) is 10.1. The summed E-state index contributed by atoms with van der Waals surface area (Å²) in [6.07, 6.45) is 0. The first-order valence-electron chi connectivity index (χ1n) is 6.97. The van der Waals surface area contributed by atoms with E-state index in [1.54, 1.807) is 0 Å². The second-order valence-corrected chi connectivity index (χ2v) is 5.77. The molecule has 0 amide bonds. The van der Waals surface area contributed by atoms with Gasteiger partial charge in [-0.25, -0.2) is 4.98 Å². The lowest BCUT2D eigenvalue weighted by Crippen LogP contribution is -2.23. The number of nitriles is 1. The van der Waals surface area contributed by atoms with Gasteiger partial charge in [0.25, 0.3) is 0 Å². The summed E-state index contributed by atoms with van der Waals surface area (Å²) in [4.78, 5) is 4.77. The van der Waals surface area contributed by atoms with Crippen LogP contribution in [0.25, 0.3) is 11.0 Å². The van der Waals surface area contributed by atoms with Crippen LogP contribution in [-0.4, -0.2) is 9.55 Å². The lowest BCUT2D eigenvalue weighted by molar-refractivity contribution is 0.567. The fraction of sp³-hybridized carbons (Fsp3) is 0.222. The number of rotatable bonds is 2. The second kappa shape index (κ2) is 4.75. The molecule has 3 aromatic rings. The van der Waals surface area contributed by atoms with Crippen LogP contribution in [0.1, 0.15) is 30.8 Å². The minimum Gasteiger partial charge on any atom is -0.330 e. The Hall–Kier alpha value is -2.60. The maximum absolute atomic E-state index is 9.26. The number of benzene rings is 2. The Balaban J connectivity index is 2.27. The molecule has 0 aliphatic carbocycles. The van der Waals surface area contributed by atoms with Crippen molar-refractivity contribution in [3.8, 4) is 6.07 Å². The Bertz CT molecular complexity index is 836. The van der Waals surface area contributed by atoms with Crippen LogP contribution < -0.4 is 0 Å². The van der Waals surface area contributed by atoms with E-state index in [1.807, 2.05) is 43.4 Å². The van der Waals surface area contributed by atoms with Crippen LogP contribution in [0.2, 0.25) is 0 Å². The SMILES string of the molecule is Cn1c(C(C)(C)c2ccccc2)nc2c(C#N)cccc21. The third-order valence-electron chi connectivity index (χ3n) is 4.09. The number of nitrogens with zero attached hydrogens (tertiary/aromatic N) is 3. The molecule has 2 aromatic carbocycles. The van der Waals surface area contributed by atoms with Gasteiger partial charge in [0, 0.05) is 12.5 Å². The second-order valence-electron chi connectivity index (χ2n) is 5.77. The zero-order valence-corrected chi connectivity index (χ0v) is 12.5. The van der Waals surface area contributed by atoms with Crippen molar-refractivity contribution in [3.63, 3.8) is 0 Å². The standard InChI is InChI=1S/C18H17N3/c1-18(2,14-9-5-4-6-10-14)17-20-16-13(12-19)8-7-11-15(16)21(17)3/h4-11H,1-3H3. The molecule has 104 valence electrons. The summed E-state index contributed by atoms with van der Waals surface area (Å²) in [6, 6.07) is 18.3. The highest BCUT2D eigenvalue weighted by molar-refractivity contribution is 5.82. The van der Waals surface area contributed by atoms with E-state index >= 15 is 0 Å². The van der Waals surface area contributed by atoms with Crippen molar-refractivity contribution in [2.75, 3.05) is 0 Å². The molecule has 0 saturated carbocycles. The maximum Gasteiger partial charge on any atom is 0.119 e. The van der Waals surface area contributed by atoms with E-state index < -0.39 is 0 Å². The maximum atomic E-state index is 9.26. The molecule has 1 heterocycles. The molecule has 0 atom stereocenters. The molecular formula is C18H17N3. The number of hydrogen-bond donors (Lipinski definition) is 0. The van der Waals surface area contributed by atoms with Crippen molar-refractivity contribution < 1.29 is 0 Å². The van der Waals surface area contributed by atoms with Crippen molar-refractivity contribution in [2.45, 2.75) is 19.3 Å². The van der Waals surface area contributed by atoms with Crippen LogP contribution in [-0.2, 0) is 12.5 Å². The molecule has 3 heteroatoms. The quantitative estimate of drug-likeness (QED) is 0.714. The van der Waals surface area contributed by atoms with E-state index in [1.165, 1.54) is 5.56 Å². The van der Waals surface area contributed by atoms with Crippen molar-refractivity contribution in [3.05, 3.63) is 65.5 Å². The fourth-order valence-electron chi connectivity index (χ4n) is 2.85. The lowest BCUT2D eigenvalue weighted by atomic mass is 9.84. The van der Waals surface area contributed by atoms with Gasteiger partial charge in [0.2, 0.25) is 0 Å². The van der Waals surface area contributed by atoms with Crippen molar-refractivity contribution in [1.82, 2.24) is 9.55 Å². The summed E-state index contributed by atoms with van der Waals surface area (Å²) in [7, 11) is 2.01. The van der Waals surface area contributed by atoms with E-state index in [9.17, 15) is 5.26 Å². The van der Waals surface area contributed by atoms with Crippen LogP contribution in [0, 0.1) is 11.3 Å². The summed E-state index contributed by atoms with van der Waals surface area (Å²) >= 11 is 0. The number of aryl methyl sites for hydroxylation is 1. The van der Waals surface area contributed by atoms with Crippen molar-refractivity contribution >= 4 is 11.0 Å². The molecule has 21 heavy (non-hydrogen) atoms. The van der Waals surface area contributed by atoms with Crippen LogP contribution in [0.5, 0.6) is 0 Å². The molecular weight excluding hydrogens is 258 g/mol. The Kier molecular flexibility index (Phi) is 3.03. The molecule has 0 spiro atoms. The largest absolute Gasteiger partial charge is 0.330 e. The van der Waals surface area contributed by atoms with Gasteiger partial charge in [-0.05, 0) is 31.5 Å². The molecule has 0 aliphatic heterocycles. The Morgan fingerprint density at radius 1 is 1.05 bits per heavy atom. The Labute approximate surface area is 124 Å². The molecule has 0 aliphatic rings. The minimum atomic E-state index is -0.220. The Morgan fingerprint density at radius 2 is 1.76 bits per heavy atom. The highest BCUT2D eigenvalue weighted by Gasteiger charge is 2.29. The van der Waals surface area contributed by atoms with Crippen LogP contribution >= 0.6 is 0 Å². The van der Waals surface area contributed by atoms with E-state index in [2.05, 4.69) is 36.6 Å². The van der Waals surface area contributed by atoms with Gasteiger partial charge >= 0.3 is 0 Å². The summed E-state index contributed by atoms with van der Waals surface area (Å²) in [5, 5.41) is 9.26. The summed E-state index contributed by atoms with van der Waals surface area (Å²) in [5.41, 5.74) is 3.39. The van der Waals surface area contributed by atoms with Crippen molar-refractivity contribution in [1.29, 1.82) is 5.26 Å². The van der Waals surface area contributed by atoms with E-state index in [-0.39, 0.29) is 5.41 Å². The van der Waals surface area contributed by atoms with E-state index in [4.69, 9.17) is 4.98 Å². The molecule has 0 saturated heterocycles. The van der Waals surface area contributed by atoms with Gasteiger partial charge in [-0.3, -0.25) is 0 Å². The summed E-state index contributed by atoms with van der Waals surface area (Å²) < 4.78 is 2.09. The zero-order valence-electron chi connectivity index (χ0n) is 12.5. The number of imidazole rings is 1. The third-order valence-corrected chi connectivity index (χ3v) is 4.09. The van der Waals surface area contributed by atoms with Gasteiger partial charge in [0.15, 0.2) is 0 Å². The smallest absolute Gasteiger partial charge is 0.119 e. The highest BCUT2D eigenvalue weighted by Crippen LogP contribution is 2.32. The lowest BCUT2D eigenvalue weighted by Gasteiger charge is -2.24. The zero-order chi connectivity index (χ0) is 15.0. The molecule has 1 aromatic heterocycles. The van der Waals surface area contributed by atoms with Gasteiger partial charge in [0.1, 0.15) is 17.4 Å². The van der Waals surface area contributed by atoms with Gasteiger partial charge < -0.3 is 4.57 Å². The average molecular weight is 275 g/mol. The van der Waals surface area contributed by atoms with E-state index in [0.29, 0.717) is 5.56 Å². The van der Waals surface area contributed by atoms with Gasteiger partial charge in [-0.15, -0.1) is 0 Å². The van der Waals surface area contributed by atoms with Crippen LogP contribution in [0.4, 0.5) is 0 Å². The van der Waals surface area contributed by atoms with E-state index in [0.717, 1.165) is 16.9 Å². The average Bonchev–Trinajstić information content (AvgIpc) is 2.86. The van der Waals surface area contributed by atoms with Crippen LogP contribution in [0.3, 0.4) is 0 Å². The predicted octanol–water partition coefficient (Wildman–Crippen LogP) is 3.77. The van der Waals surface area contributed by atoms with Gasteiger partial charge in [-0.2, -0.15) is 5.26 Å². The van der Waals surface area contributed by atoms with Crippen LogP contribution in [0.15, 0.2) is 48.5 Å². The molecule has 3 nitrogen and oxygen atoms in total. The number of aromatic nitrogens is 2. The molecule has 0 N–H and O–H groups in total. The first-order valence-corrected chi connectivity index (χ1v) is 6.97. The highest BCUT2D eigenvalue weighted by atomic mass is 15.1. The first kappa shape index (κ1) is 13.4.